The molecule has 2 rings (SSSR count). The van der Waals surface area contributed by atoms with Gasteiger partial charge in [0.2, 0.25) is 0 Å². The van der Waals surface area contributed by atoms with Crippen LogP contribution in [0.4, 0.5) is 5.82 Å². The minimum absolute atomic E-state index is 0.762. The van der Waals surface area contributed by atoms with E-state index < -0.39 is 0 Å². The van der Waals surface area contributed by atoms with Crippen molar-refractivity contribution in [2.24, 2.45) is 0 Å². The second-order valence-corrected chi connectivity index (χ2v) is 4.84. The van der Waals surface area contributed by atoms with Crippen molar-refractivity contribution >= 4 is 29.2 Å². The molecule has 0 unspecified atom stereocenters. The van der Waals surface area contributed by atoms with E-state index in [9.17, 15) is 0 Å². The summed E-state index contributed by atoms with van der Waals surface area (Å²) < 4.78 is 0. The third-order valence-electron chi connectivity index (χ3n) is 2.20. The molecule has 0 atom stereocenters. The van der Waals surface area contributed by atoms with Crippen LogP contribution >= 0.6 is 23.4 Å². The quantitative estimate of drug-likeness (QED) is 0.679. The number of thioether (sulfide) groups is 1. The Bertz CT molecular complexity index is 487. The lowest BCUT2D eigenvalue weighted by atomic mass is 10.2. The second kappa shape index (κ2) is 5.89. The van der Waals surface area contributed by atoms with E-state index in [4.69, 9.17) is 11.6 Å². The van der Waals surface area contributed by atoms with Gasteiger partial charge in [0.15, 0.2) is 0 Å². The number of nitrogens with one attached hydrogen (secondary N) is 1. The molecule has 3 nitrogen and oxygen atoms in total. The van der Waals surface area contributed by atoms with Gasteiger partial charge in [-0.3, -0.25) is 0 Å². The smallest absolute Gasteiger partial charge is 0.130 e. The van der Waals surface area contributed by atoms with Crippen molar-refractivity contribution in [3.8, 4) is 0 Å². The number of nitrogens with zero attached hydrogens (tertiary/aromatic N) is 2. The van der Waals surface area contributed by atoms with E-state index in [1.165, 1.54) is 5.56 Å². The minimum atomic E-state index is 0.762. The van der Waals surface area contributed by atoms with Crippen LogP contribution in [-0.2, 0) is 5.75 Å². The first-order valence-electron chi connectivity index (χ1n) is 5.15. The van der Waals surface area contributed by atoms with Crippen LogP contribution in [0.2, 0.25) is 5.02 Å². The maximum absolute atomic E-state index is 5.83. The van der Waals surface area contributed by atoms with Crippen molar-refractivity contribution in [1.82, 2.24) is 9.97 Å². The number of anilines is 1. The van der Waals surface area contributed by atoms with E-state index in [1.54, 1.807) is 18.1 Å². The molecular weight excluding hydrogens is 254 g/mol. The molecule has 0 saturated carbocycles. The van der Waals surface area contributed by atoms with Crippen molar-refractivity contribution in [3.63, 3.8) is 0 Å². The largest absolute Gasteiger partial charge is 0.373 e. The predicted molar refractivity (Wildman–Crippen MR) is 72.6 cm³/mol. The number of benzene rings is 1. The van der Waals surface area contributed by atoms with Gasteiger partial charge in [-0.1, -0.05) is 23.7 Å². The zero-order valence-electron chi connectivity index (χ0n) is 9.35. The summed E-state index contributed by atoms with van der Waals surface area (Å²) in [6.45, 7) is 0. The first-order chi connectivity index (χ1) is 8.28. The summed E-state index contributed by atoms with van der Waals surface area (Å²) in [6, 6.07) is 9.78. The summed E-state index contributed by atoms with van der Waals surface area (Å²) in [7, 11) is 1.84. The average molecular weight is 266 g/mol. The molecule has 0 aliphatic rings. The molecule has 0 fully saturated rings. The molecule has 88 valence electrons. The highest BCUT2D eigenvalue weighted by Crippen LogP contribution is 2.22. The molecule has 17 heavy (non-hydrogen) atoms. The second-order valence-electron chi connectivity index (χ2n) is 3.41. The van der Waals surface area contributed by atoms with Crippen molar-refractivity contribution in [3.05, 3.63) is 47.2 Å². The lowest BCUT2D eigenvalue weighted by molar-refractivity contribution is 1.05. The number of hydrogen-bond donors (Lipinski definition) is 1. The van der Waals surface area contributed by atoms with E-state index in [2.05, 4.69) is 15.3 Å². The molecule has 5 heteroatoms. The van der Waals surface area contributed by atoms with E-state index in [0.29, 0.717) is 0 Å². The predicted octanol–water partition coefficient (Wildman–Crippen LogP) is 3.46. The number of rotatable bonds is 4. The maximum Gasteiger partial charge on any atom is 0.130 e. The molecule has 0 bridgehead atoms. The van der Waals surface area contributed by atoms with Gasteiger partial charge in [-0.2, -0.15) is 0 Å². The van der Waals surface area contributed by atoms with E-state index in [1.807, 2.05) is 37.4 Å². The lowest BCUT2D eigenvalue weighted by Crippen LogP contribution is -1.93. The topological polar surface area (TPSA) is 37.8 Å². The van der Waals surface area contributed by atoms with Gasteiger partial charge in [-0.05, 0) is 17.7 Å². The fraction of sp³-hybridized carbons (Fsp3) is 0.167. The SMILES string of the molecule is CNc1cc(SCc2ccc(Cl)cc2)ncn1. The summed E-state index contributed by atoms with van der Waals surface area (Å²) in [5.74, 6) is 1.70. The highest BCUT2D eigenvalue weighted by molar-refractivity contribution is 7.98. The molecule has 0 radical (unpaired) electrons. The van der Waals surface area contributed by atoms with Crippen LogP contribution < -0.4 is 5.32 Å². The summed E-state index contributed by atoms with van der Waals surface area (Å²) in [6.07, 6.45) is 1.57. The third kappa shape index (κ3) is 3.61. The Morgan fingerprint density at radius 2 is 2.00 bits per heavy atom. The molecule has 2 aromatic rings. The van der Waals surface area contributed by atoms with Gasteiger partial charge in [0.25, 0.3) is 0 Å². The first-order valence-corrected chi connectivity index (χ1v) is 6.51. The van der Waals surface area contributed by atoms with Crippen LogP contribution in [0.15, 0.2) is 41.7 Å². The van der Waals surface area contributed by atoms with Gasteiger partial charge in [0.1, 0.15) is 17.2 Å². The van der Waals surface area contributed by atoms with Gasteiger partial charge < -0.3 is 5.32 Å². The minimum Gasteiger partial charge on any atom is -0.373 e. The molecule has 1 aromatic carbocycles. The monoisotopic (exact) mass is 265 g/mol. The van der Waals surface area contributed by atoms with Crippen molar-refractivity contribution in [1.29, 1.82) is 0 Å². The van der Waals surface area contributed by atoms with E-state index >= 15 is 0 Å². The highest BCUT2D eigenvalue weighted by atomic mass is 35.5. The first kappa shape index (κ1) is 12.2. The van der Waals surface area contributed by atoms with E-state index in [0.717, 1.165) is 21.6 Å². The Kier molecular flexibility index (Phi) is 4.23. The van der Waals surface area contributed by atoms with E-state index in [-0.39, 0.29) is 0 Å². The Morgan fingerprint density at radius 1 is 1.24 bits per heavy atom. The van der Waals surface area contributed by atoms with Crippen LogP contribution in [0.25, 0.3) is 0 Å². The van der Waals surface area contributed by atoms with Crippen LogP contribution in [0, 0.1) is 0 Å². The fourth-order valence-corrected chi connectivity index (χ4v) is 2.24. The van der Waals surface area contributed by atoms with Gasteiger partial charge in [-0.15, -0.1) is 11.8 Å². The lowest BCUT2D eigenvalue weighted by Gasteiger charge is -2.03. The Balaban J connectivity index is 1.99. The van der Waals surface area contributed by atoms with Gasteiger partial charge >= 0.3 is 0 Å². The van der Waals surface area contributed by atoms with Gasteiger partial charge in [-0.25, -0.2) is 9.97 Å². The molecule has 0 aliphatic heterocycles. The van der Waals surface area contributed by atoms with Crippen LogP contribution in [0.5, 0.6) is 0 Å². The average Bonchev–Trinajstić information content (AvgIpc) is 2.38. The zero-order chi connectivity index (χ0) is 12.1. The summed E-state index contributed by atoms with van der Waals surface area (Å²) in [4.78, 5) is 8.28. The van der Waals surface area contributed by atoms with Gasteiger partial charge in [0, 0.05) is 23.9 Å². The van der Waals surface area contributed by atoms with Gasteiger partial charge in [0.05, 0.1) is 0 Å². The molecule has 0 spiro atoms. The molecule has 0 saturated heterocycles. The Morgan fingerprint density at radius 3 is 2.71 bits per heavy atom. The Labute approximate surface area is 110 Å². The van der Waals surface area contributed by atoms with Crippen molar-refractivity contribution in [2.45, 2.75) is 10.8 Å². The standard InChI is InChI=1S/C12H12ClN3S/c1-14-11-6-12(16-8-15-11)17-7-9-2-4-10(13)5-3-9/h2-6,8H,7H2,1H3,(H,14,15,16). The summed E-state index contributed by atoms with van der Waals surface area (Å²) in [5.41, 5.74) is 1.23. The molecular formula is C12H12ClN3S. The normalized spacial score (nSPS) is 10.2. The summed E-state index contributed by atoms with van der Waals surface area (Å²) >= 11 is 7.51. The number of hydrogen-bond acceptors (Lipinski definition) is 4. The highest BCUT2D eigenvalue weighted by Gasteiger charge is 1.99. The molecule has 1 aromatic heterocycles. The van der Waals surface area contributed by atoms with Crippen LogP contribution in [0.3, 0.4) is 0 Å². The zero-order valence-corrected chi connectivity index (χ0v) is 10.9. The third-order valence-corrected chi connectivity index (χ3v) is 3.45. The van der Waals surface area contributed by atoms with Crippen LogP contribution in [0.1, 0.15) is 5.56 Å². The number of aromatic nitrogens is 2. The number of halogens is 1. The van der Waals surface area contributed by atoms with Crippen molar-refractivity contribution in [2.75, 3.05) is 12.4 Å². The Hall–Kier alpha value is -1.26. The fourth-order valence-electron chi connectivity index (χ4n) is 1.29. The molecule has 1 heterocycles. The van der Waals surface area contributed by atoms with Crippen LogP contribution in [-0.4, -0.2) is 17.0 Å². The maximum atomic E-state index is 5.83. The molecule has 1 N–H and O–H groups in total. The summed E-state index contributed by atoms with van der Waals surface area (Å²) in [5, 5.41) is 4.71. The van der Waals surface area contributed by atoms with Crippen molar-refractivity contribution < 1.29 is 0 Å². The molecule has 0 aliphatic carbocycles. The molecule has 0 amide bonds.